The molecule has 1 unspecified atom stereocenters. The third kappa shape index (κ3) is 2.16. The minimum absolute atomic E-state index is 0.233. The summed E-state index contributed by atoms with van der Waals surface area (Å²) in [6.45, 7) is 0.442. The van der Waals surface area contributed by atoms with E-state index in [1.807, 2.05) is 0 Å². The molecule has 1 aliphatic rings. The summed E-state index contributed by atoms with van der Waals surface area (Å²) in [5, 5.41) is 7.77. The summed E-state index contributed by atoms with van der Waals surface area (Å²) in [4.78, 5) is 0.537. The van der Waals surface area contributed by atoms with Gasteiger partial charge < -0.3 is 9.30 Å². The van der Waals surface area contributed by atoms with Crippen LogP contribution in [-0.4, -0.2) is 20.9 Å². The van der Waals surface area contributed by atoms with Crippen LogP contribution in [0.25, 0.3) is 10.2 Å². The minimum atomic E-state index is -4.78. The molecule has 19 heavy (non-hydrogen) atoms. The largest absolute Gasteiger partial charge is 0.573 e. The summed E-state index contributed by atoms with van der Waals surface area (Å²) in [6, 6.07) is 2.38. The number of aryl methyl sites for hydroxylation is 1. The molecule has 1 N–H and O–H groups in total. The molecule has 0 bridgehead atoms. The van der Waals surface area contributed by atoms with Crippen molar-refractivity contribution < 1.29 is 22.1 Å². The number of ether oxygens (including phenoxy) is 1. The zero-order valence-corrected chi connectivity index (χ0v) is 10.9. The van der Waals surface area contributed by atoms with E-state index in [9.17, 15) is 17.4 Å². The van der Waals surface area contributed by atoms with Gasteiger partial charge in [0, 0.05) is 18.4 Å². The van der Waals surface area contributed by atoms with Gasteiger partial charge in [0.15, 0.2) is 4.80 Å². The molecule has 1 aromatic heterocycles. The Hall–Kier alpha value is -1.35. The molecule has 0 aliphatic carbocycles. The van der Waals surface area contributed by atoms with Crippen LogP contribution in [0, 0.1) is 5.41 Å². The minimum Gasteiger partial charge on any atom is -0.406 e. The van der Waals surface area contributed by atoms with Gasteiger partial charge in [0.2, 0.25) is 0 Å². The van der Waals surface area contributed by atoms with Gasteiger partial charge in [-0.05, 0) is 6.07 Å². The van der Waals surface area contributed by atoms with Crippen molar-refractivity contribution in [3.8, 4) is 5.75 Å². The van der Waals surface area contributed by atoms with E-state index in [-0.39, 0.29) is 4.80 Å². The first-order valence-corrected chi connectivity index (χ1v) is 7.35. The second kappa shape index (κ2) is 4.07. The number of hydrogen-bond acceptors (Lipinski definition) is 4. The van der Waals surface area contributed by atoms with Crippen molar-refractivity contribution in [2.24, 2.45) is 0 Å². The molecule has 0 saturated heterocycles. The monoisotopic (exact) mass is 308 g/mol. The maximum absolute atomic E-state index is 12.2. The molecule has 102 valence electrons. The van der Waals surface area contributed by atoms with E-state index >= 15 is 0 Å². The van der Waals surface area contributed by atoms with Gasteiger partial charge in [-0.25, -0.2) is 0 Å². The Balaban J connectivity index is 2.26. The molecule has 1 aromatic carbocycles. The zero-order valence-electron chi connectivity index (χ0n) is 9.28. The molecule has 0 spiro atoms. The number of nitrogens with zero attached hydrogens (tertiary/aromatic N) is 1. The van der Waals surface area contributed by atoms with Crippen molar-refractivity contribution in [2.75, 3.05) is 5.75 Å². The summed E-state index contributed by atoms with van der Waals surface area (Å²) < 4.78 is 54.6. The highest BCUT2D eigenvalue weighted by Crippen LogP contribution is 2.34. The summed E-state index contributed by atoms with van der Waals surface area (Å²) in [7, 11) is -1.36. The van der Waals surface area contributed by atoms with Gasteiger partial charge in [0.25, 0.3) is 0 Å². The number of hydrogen-bond donors (Lipinski definition) is 1. The molecule has 1 atom stereocenters. The molecule has 0 amide bonds. The van der Waals surface area contributed by atoms with Crippen molar-refractivity contribution in [3.05, 3.63) is 16.9 Å². The quantitative estimate of drug-likeness (QED) is 0.878. The van der Waals surface area contributed by atoms with Crippen LogP contribution < -0.4 is 9.54 Å². The Kier molecular flexibility index (Phi) is 2.72. The number of rotatable bonds is 1. The summed E-state index contributed by atoms with van der Waals surface area (Å²) >= 11 is 1.05. The van der Waals surface area contributed by atoms with Gasteiger partial charge in [0.05, 0.1) is 25.9 Å². The molecular formula is C10H7F3N2O2S2. The van der Waals surface area contributed by atoms with E-state index in [0.717, 1.165) is 17.4 Å². The van der Waals surface area contributed by atoms with Crippen molar-refractivity contribution in [2.45, 2.75) is 17.8 Å². The van der Waals surface area contributed by atoms with Crippen LogP contribution in [0.4, 0.5) is 13.2 Å². The molecule has 0 radical (unpaired) electrons. The topological polar surface area (TPSA) is 55.1 Å². The lowest BCUT2D eigenvalue weighted by Gasteiger charge is -2.16. The van der Waals surface area contributed by atoms with E-state index in [0.29, 0.717) is 27.4 Å². The third-order valence-electron chi connectivity index (χ3n) is 2.71. The first kappa shape index (κ1) is 12.7. The summed E-state index contributed by atoms with van der Waals surface area (Å²) in [5.41, 5.74) is 0.578. The zero-order chi connectivity index (χ0) is 13.8. The lowest BCUT2D eigenvalue weighted by atomic mass is 10.3. The van der Waals surface area contributed by atoms with Gasteiger partial charge in [0.1, 0.15) is 5.75 Å². The Morgan fingerprint density at radius 3 is 2.84 bits per heavy atom. The van der Waals surface area contributed by atoms with E-state index in [4.69, 9.17) is 5.41 Å². The number of alkyl halides is 3. The summed E-state index contributed by atoms with van der Waals surface area (Å²) in [5.74, 6) is -0.0937. The molecule has 4 nitrogen and oxygen atoms in total. The Morgan fingerprint density at radius 1 is 1.42 bits per heavy atom. The standard InChI is InChI=1S/C10H7F3N2O2S2/c11-10(12,13)17-5-3-6-8-7(4-5)19(16)2-1-15(8)9(14)18-6/h3-4,14H,1-2H2. The fraction of sp³-hybridized carbons (Fsp3) is 0.300. The van der Waals surface area contributed by atoms with Crippen LogP contribution in [-0.2, 0) is 17.3 Å². The Morgan fingerprint density at radius 2 is 2.16 bits per heavy atom. The second-order valence-electron chi connectivity index (χ2n) is 3.92. The highest BCUT2D eigenvalue weighted by atomic mass is 32.2. The number of nitrogens with one attached hydrogen (secondary N) is 1. The molecule has 2 heterocycles. The molecular weight excluding hydrogens is 301 g/mol. The predicted octanol–water partition coefficient (Wildman–Crippen LogP) is 2.20. The molecule has 0 saturated carbocycles. The highest BCUT2D eigenvalue weighted by Gasteiger charge is 2.32. The average Bonchev–Trinajstić information content (AvgIpc) is 2.58. The SMILES string of the molecule is N=c1sc2cc(OC(F)(F)F)cc3c2n1CCS3=O. The molecule has 0 fully saturated rings. The number of halogens is 3. The molecule has 9 heteroatoms. The van der Waals surface area contributed by atoms with Gasteiger partial charge >= 0.3 is 6.36 Å². The maximum atomic E-state index is 12.2. The van der Waals surface area contributed by atoms with E-state index in [1.165, 1.54) is 6.07 Å². The summed E-state index contributed by atoms with van der Waals surface area (Å²) in [6.07, 6.45) is -4.78. The second-order valence-corrected chi connectivity index (χ2v) is 6.49. The lowest BCUT2D eigenvalue weighted by molar-refractivity contribution is -0.274. The van der Waals surface area contributed by atoms with Crippen LogP contribution in [0.1, 0.15) is 0 Å². The Labute approximate surface area is 111 Å². The first-order valence-electron chi connectivity index (χ1n) is 5.21. The fourth-order valence-electron chi connectivity index (χ4n) is 2.03. The number of thiazole rings is 1. The van der Waals surface area contributed by atoms with Crippen LogP contribution in [0.5, 0.6) is 5.75 Å². The van der Waals surface area contributed by atoms with E-state index < -0.39 is 22.9 Å². The van der Waals surface area contributed by atoms with E-state index in [2.05, 4.69) is 4.74 Å². The maximum Gasteiger partial charge on any atom is 0.573 e. The molecule has 3 rings (SSSR count). The predicted molar refractivity (Wildman–Crippen MR) is 63.6 cm³/mol. The van der Waals surface area contributed by atoms with Crippen molar-refractivity contribution in [1.82, 2.24) is 4.57 Å². The average molecular weight is 308 g/mol. The number of benzene rings is 1. The number of aromatic nitrogens is 1. The van der Waals surface area contributed by atoms with Crippen LogP contribution >= 0.6 is 11.3 Å². The van der Waals surface area contributed by atoms with Crippen LogP contribution in [0.2, 0.25) is 0 Å². The van der Waals surface area contributed by atoms with Gasteiger partial charge in [-0.1, -0.05) is 11.3 Å². The van der Waals surface area contributed by atoms with Gasteiger partial charge in [-0.2, -0.15) is 0 Å². The molecule has 2 aromatic rings. The Bertz CT molecular complexity index is 748. The van der Waals surface area contributed by atoms with Crippen LogP contribution in [0.15, 0.2) is 17.0 Å². The van der Waals surface area contributed by atoms with Crippen molar-refractivity contribution >= 4 is 32.4 Å². The van der Waals surface area contributed by atoms with Crippen molar-refractivity contribution in [3.63, 3.8) is 0 Å². The van der Waals surface area contributed by atoms with Crippen molar-refractivity contribution in [1.29, 1.82) is 5.41 Å². The van der Waals surface area contributed by atoms with Gasteiger partial charge in [-0.3, -0.25) is 9.62 Å². The first-order chi connectivity index (χ1) is 8.85. The van der Waals surface area contributed by atoms with Gasteiger partial charge in [-0.15, -0.1) is 13.2 Å². The lowest BCUT2D eigenvalue weighted by Crippen LogP contribution is -2.22. The normalized spacial score (nSPS) is 18.8. The highest BCUT2D eigenvalue weighted by molar-refractivity contribution is 7.85. The third-order valence-corrected chi connectivity index (χ3v) is 5.01. The molecule has 1 aliphatic heterocycles. The van der Waals surface area contributed by atoms with E-state index in [1.54, 1.807) is 4.57 Å². The fourth-order valence-corrected chi connectivity index (χ4v) is 4.34. The van der Waals surface area contributed by atoms with Crippen LogP contribution in [0.3, 0.4) is 0 Å². The smallest absolute Gasteiger partial charge is 0.406 e.